The highest BCUT2D eigenvalue weighted by molar-refractivity contribution is 8.77. The molecule has 0 aliphatic carbocycles. The van der Waals surface area contributed by atoms with Crippen LogP contribution in [0.4, 0.5) is 0 Å². The maximum Gasteiger partial charge on any atom is 0.303 e. The number of phenols is 1. The number of rotatable bonds is 8. The minimum absolute atomic E-state index is 0.0201. The van der Waals surface area contributed by atoms with Crippen molar-refractivity contribution < 1.29 is 68.1 Å². The zero-order valence-electron chi connectivity index (χ0n) is 43.9. The summed E-state index contributed by atoms with van der Waals surface area (Å²) in [5.74, 6) is -9.94. The minimum atomic E-state index is -1.56. The molecule has 436 valence electrons. The number of Topliss-reactive ketones (excluding diaryl/α,β-unsaturated/α-hetero) is 5. The molecule has 1 aromatic rings. The molecular weight excluding hydrogens is 1140 g/mol. The van der Waals surface area contributed by atoms with E-state index < -0.39 is 163 Å². The minimum Gasteiger partial charge on any atom is -0.508 e. The Morgan fingerprint density at radius 1 is 0.747 bits per heavy atom. The van der Waals surface area contributed by atoms with Crippen molar-refractivity contribution in [2.75, 3.05) is 54.3 Å². The van der Waals surface area contributed by atoms with Crippen LogP contribution in [0.25, 0.3) is 0 Å². The van der Waals surface area contributed by atoms with Gasteiger partial charge in [-0.2, -0.15) is 0 Å². The zero-order chi connectivity index (χ0) is 57.5. The number of carbonyl (C=O) groups is 11. The average molecular weight is 1220 g/mol. The largest absolute Gasteiger partial charge is 0.508 e. The summed E-state index contributed by atoms with van der Waals surface area (Å²) in [5, 5.41) is 45.8. The Bertz CT molecular complexity index is 2420. The van der Waals surface area contributed by atoms with Crippen LogP contribution in [0.15, 0.2) is 24.3 Å². The molecule has 6 rings (SSSR count). The molecule has 5 amide bonds. The smallest absolute Gasteiger partial charge is 0.303 e. The Labute approximate surface area is 481 Å². The molecular formula is C49H70N10O14S6. The summed E-state index contributed by atoms with van der Waals surface area (Å²) in [4.78, 5) is 158. The molecule has 5 fully saturated rings. The van der Waals surface area contributed by atoms with Gasteiger partial charge in [0, 0.05) is 65.4 Å². The van der Waals surface area contributed by atoms with E-state index in [1.807, 2.05) is 0 Å². The lowest BCUT2D eigenvalue weighted by Crippen LogP contribution is -2.61. The molecule has 5 aliphatic heterocycles. The number of carboxylic acid groups (broad SMARTS) is 1. The highest BCUT2D eigenvalue weighted by atomic mass is 33.1. The number of aromatic hydroxyl groups is 1. The first kappa shape index (κ1) is 64.2. The Balaban J connectivity index is 1.56. The van der Waals surface area contributed by atoms with E-state index in [0.717, 1.165) is 10.8 Å². The van der Waals surface area contributed by atoms with Crippen LogP contribution in [0.1, 0.15) is 64.9 Å². The van der Waals surface area contributed by atoms with Crippen LogP contribution in [0.2, 0.25) is 0 Å². The number of phenolic OH excluding ortho intramolecular Hbond substituents is 1. The van der Waals surface area contributed by atoms with Gasteiger partial charge in [0.1, 0.15) is 23.9 Å². The first-order chi connectivity index (χ1) is 37.6. The predicted octanol–water partition coefficient (Wildman–Crippen LogP) is -1.05. The second kappa shape index (κ2) is 30.9. The monoisotopic (exact) mass is 1210 g/mol. The lowest BCUT2D eigenvalue weighted by molar-refractivity contribution is -0.144. The van der Waals surface area contributed by atoms with Crippen LogP contribution in [0, 0.1) is 11.8 Å². The van der Waals surface area contributed by atoms with Gasteiger partial charge >= 0.3 is 5.97 Å². The van der Waals surface area contributed by atoms with Gasteiger partial charge in [0.2, 0.25) is 41.1 Å². The van der Waals surface area contributed by atoms with Crippen molar-refractivity contribution in [1.82, 2.24) is 47.2 Å². The molecule has 0 spiro atoms. The van der Waals surface area contributed by atoms with Gasteiger partial charge in [-0.15, -0.1) is 0 Å². The number of benzene rings is 1. The number of hydrazine groups is 1. The first-order valence-corrected chi connectivity index (χ1v) is 33.4. The molecule has 24 nitrogen and oxygen atoms in total. The number of nitrogens with one attached hydrogen (secondary N) is 7. The number of carbonyl (C=O) groups excluding carboxylic acids is 10. The van der Waals surface area contributed by atoms with Gasteiger partial charge in [-0.05, 0) is 63.6 Å². The molecule has 13 atom stereocenters. The van der Waals surface area contributed by atoms with Crippen LogP contribution >= 0.6 is 64.8 Å². The fourth-order valence-corrected chi connectivity index (χ4v) is 17.2. The standard InChI is InChI=1S/C49H70N10O14S6/c1-24-18-75-76-19-29-34-20-77-78-21-35-49(73)59(23-52-35)37(45(69)44(68)31(10-11-40(64)65)56-57-32(43(29)67)15-27-6-8-28(61)9-7-27)22-79-74-14-12-30(55-41(26(3)60)47(71)51-17-38(24)62)42(66)25(2)53-46(70)36-5-4-13-58(36)48(72)33(54-34)16-39(50)63/h6-9,24-26,29-37,41,52,54-57,60-61H,4-5,10-23H2,1-3H3,(H2,50,63)(H,51,71)(H,53,70)(H,64,65)/t24?,25-,26+,29?,30?,31-,32-,33-,34?,35?,36-,37?,41-/m0/s1. The zero-order valence-corrected chi connectivity index (χ0v) is 48.8. The van der Waals surface area contributed by atoms with Crippen molar-refractivity contribution in [3.8, 4) is 5.75 Å². The maximum atomic E-state index is 15.7. The van der Waals surface area contributed by atoms with E-state index in [-0.39, 0.29) is 78.5 Å². The number of ketones is 5. The predicted molar refractivity (Wildman–Crippen MR) is 304 cm³/mol. The third-order valence-electron chi connectivity index (χ3n) is 14.2. The normalized spacial score (nSPS) is 31.9. The van der Waals surface area contributed by atoms with Gasteiger partial charge in [0.05, 0.1) is 62.0 Å². The number of nitrogens with zero attached hydrogens (tertiary/aromatic N) is 2. The summed E-state index contributed by atoms with van der Waals surface area (Å²) in [5.41, 5.74) is 12.2. The molecule has 0 saturated carbocycles. The molecule has 30 heteroatoms. The number of primary amides is 1. The molecule has 0 aromatic heterocycles. The molecule has 1 aromatic carbocycles. The third kappa shape index (κ3) is 18.0. The van der Waals surface area contributed by atoms with E-state index in [0.29, 0.717) is 12.0 Å². The van der Waals surface area contributed by atoms with Crippen molar-refractivity contribution in [3.63, 3.8) is 0 Å². The van der Waals surface area contributed by atoms with Gasteiger partial charge in [-0.1, -0.05) is 83.8 Å². The second-order valence-electron chi connectivity index (χ2n) is 20.0. The molecule has 5 saturated heterocycles. The Kier molecular flexibility index (Phi) is 25.1. The van der Waals surface area contributed by atoms with Crippen LogP contribution < -0.4 is 43.2 Å². The van der Waals surface area contributed by atoms with E-state index in [2.05, 4.69) is 37.4 Å². The van der Waals surface area contributed by atoms with Crippen molar-refractivity contribution in [2.45, 2.75) is 132 Å². The maximum absolute atomic E-state index is 15.7. The van der Waals surface area contributed by atoms with E-state index in [1.165, 1.54) is 89.7 Å². The van der Waals surface area contributed by atoms with Crippen LogP contribution in [-0.2, 0) is 59.2 Å². The molecule has 5 bridgehead atoms. The number of hydrogen-bond donors (Lipinski definition) is 11. The number of fused-ring (bicyclic) bond motifs is 9. The van der Waals surface area contributed by atoms with Gasteiger partial charge in [0.25, 0.3) is 0 Å². The number of hydrogen-bond acceptors (Lipinski definition) is 24. The average Bonchev–Trinajstić information content (AvgIpc) is 4.06. The quantitative estimate of drug-likeness (QED) is 0.109. The number of nitrogens with two attached hydrogens (primary N) is 1. The van der Waals surface area contributed by atoms with E-state index >= 15 is 9.59 Å². The summed E-state index contributed by atoms with van der Waals surface area (Å²) in [6.45, 7) is 3.94. The molecule has 5 heterocycles. The van der Waals surface area contributed by atoms with Crippen molar-refractivity contribution in [2.24, 2.45) is 17.6 Å². The summed E-state index contributed by atoms with van der Waals surface area (Å²) >= 11 is 0. The first-order valence-electron chi connectivity index (χ1n) is 26.0. The number of aliphatic hydroxyl groups is 1. The van der Waals surface area contributed by atoms with Gasteiger partial charge in [-0.3, -0.25) is 63.4 Å². The van der Waals surface area contributed by atoms with Gasteiger partial charge in [-0.25, -0.2) is 10.9 Å². The van der Waals surface area contributed by atoms with Gasteiger partial charge < -0.3 is 46.8 Å². The number of amides is 5. The SMILES string of the molecule is CC1CSSCC2C(=O)[C@H](Cc3ccc(O)cc3)NN[C@@H](CCC(=O)O)C(=O)C(=O)C3CSSCCC(N[C@@H]([C@@H](C)O)C(=O)NCC1=O)C(=O)[C@H](C)NC(=O)[C@@H]1CCCN1C(=O)[C@H](CC(N)=O)NC2CSSCC1NCN3C1=O. The number of aliphatic hydroxyl groups excluding tert-OH is 1. The molecule has 0 radical (unpaired) electrons. The second-order valence-corrected chi connectivity index (χ2v) is 27.8. The molecule has 12 N–H and O–H groups in total. The topological polar surface area (TPSA) is 365 Å². The fourth-order valence-electron chi connectivity index (χ4n) is 9.59. The van der Waals surface area contributed by atoms with Crippen molar-refractivity contribution >= 4 is 129 Å². The molecule has 5 aliphatic rings. The van der Waals surface area contributed by atoms with E-state index in [4.69, 9.17) is 5.73 Å². The summed E-state index contributed by atoms with van der Waals surface area (Å²) < 4.78 is 0. The van der Waals surface area contributed by atoms with Crippen LogP contribution in [-0.4, -0.2) is 210 Å². The van der Waals surface area contributed by atoms with Crippen LogP contribution in [0.3, 0.4) is 0 Å². The van der Waals surface area contributed by atoms with Gasteiger partial charge in [0.15, 0.2) is 17.3 Å². The Morgan fingerprint density at radius 2 is 1.43 bits per heavy atom. The van der Waals surface area contributed by atoms with Crippen LogP contribution in [0.5, 0.6) is 5.75 Å². The molecule has 6 unspecified atom stereocenters. The highest BCUT2D eigenvalue weighted by Gasteiger charge is 2.45. The van der Waals surface area contributed by atoms with Crippen molar-refractivity contribution in [3.05, 3.63) is 29.8 Å². The Morgan fingerprint density at radius 3 is 2.14 bits per heavy atom. The lowest BCUT2D eigenvalue weighted by atomic mass is 9.89. The fraction of sp³-hybridized carbons (Fsp3) is 0.653. The third-order valence-corrected chi connectivity index (χ3v) is 21.7. The summed E-state index contributed by atoms with van der Waals surface area (Å²) in [7, 11) is 7.26. The van der Waals surface area contributed by atoms with E-state index in [1.54, 1.807) is 19.1 Å². The van der Waals surface area contributed by atoms with E-state index in [9.17, 15) is 58.5 Å². The summed E-state index contributed by atoms with van der Waals surface area (Å²) in [6.07, 6.45) is -2.59. The lowest BCUT2D eigenvalue weighted by Gasteiger charge is -2.35. The van der Waals surface area contributed by atoms with Crippen molar-refractivity contribution in [1.29, 1.82) is 0 Å². The molecule has 79 heavy (non-hydrogen) atoms. The Hall–Kier alpha value is -3.95. The number of carboxylic acids is 1. The number of aliphatic carboxylic acids is 1. The highest BCUT2D eigenvalue weighted by Crippen LogP contribution is 2.34. The summed E-state index contributed by atoms with van der Waals surface area (Å²) in [6, 6.07) is -6.59.